The Morgan fingerprint density at radius 3 is 2.48 bits per heavy atom. The zero-order valence-corrected chi connectivity index (χ0v) is 16.5. The van der Waals surface area contributed by atoms with Gasteiger partial charge in [-0.2, -0.15) is 0 Å². The number of likely N-dealkylation sites (N-methyl/N-ethyl adjacent to an activating group) is 1. The number of ether oxygens (including phenoxy) is 1. The zero-order valence-electron chi connectivity index (χ0n) is 15.7. The quantitative estimate of drug-likeness (QED) is 0.675. The Hall–Kier alpha value is -2.70. The first-order valence-corrected chi connectivity index (χ1v) is 9.55. The highest BCUT2D eigenvalue weighted by Gasteiger charge is 2.19. The molecule has 3 rings (SSSR count). The molecule has 0 aliphatic carbocycles. The number of hydrogen-bond acceptors (Lipinski definition) is 5. The second-order valence-corrected chi connectivity index (χ2v) is 7.32. The van der Waals surface area contributed by atoms with Crippen molar-refractivity contribution in [2.75, 3.05) is 27.7 Å². The Morgan fingerprint density at radius 1 is 1.15 bits per heavy atom. The summed E-state index contributed by atoms with van der Waals surface area (Å²) in [7, 11) is 5.62. The van der Waals surface area contributed by atoms with E-state index in [4.69, 9.17) is 4.74 Å². The average molecular weight is 382 g/mol. The number of rotatable bonds is 7. The van der Waals surface area contributed by atoms with Crippen LogP contribution in [0.1, 0.15) is 22.1 Å². The minimum atomic E-state index is -0.165. The molecule has 1 atom stereocenters. The summed E-state index contributed by atoms with van der Waals surface area (Å²) in [5.74, 6) is 0.629. The number of aromatic nitrogens is 1. The summed E-state index contributed by atoms with van der Waals surface area (Å²) < 4.78 is 5.18. The fraction of sp³-hybridized carbons (Fsp3) is 0.238. The van der Waals surface area contributed by atoms with Crippen molar-refractivity contribution < 1.29 is 9.53 Å². The van der Waals surface area contributed by atoms with Crippen LogP contribution in [0.2, 0.25) is 0 Å². The molecular formula is C21H23N3O2S. The SMILES string of the molecule is COc1ccc(-c2nc(C(=O)N[C@@H](CN(C)C)c3ccccc3)cs2)cc1. The van der Waals surface area contributed by atoms with Gasteiger partial charge in [-0.25, -0.2) is 4.98 Å². The molecule has 0 bridgehead atoms. The molecule has 0 unspecified atom stereocenters. The molecule has 0 aliphatic rings. The molecule has 0 fully saturated rings. The zero-order chi connectivity index (χ0) is 19.2. The van der Waals surface area contributed by atoms with Crippen LogP contribution in [-0.4, -0.2) is 43.5 Å². The van der Waals surface area contributed by atoms with Gasteiger partial charge in [0, 0.05) is 17.5 Å². The molecule has 1 amide bonds. The van der Waals surface area contributed by atoms with Crippen LogP contribution in [0.5, 0.6) is 5.75 Å². The van der Waals surface area contributed by atoms with E-state index in [1.807, 2.05) is 68.7 Å². The van der Waals surface area contributed by atoms with Crippen molar-refractivity contribution in [3.63, 3.8) is 0 Å². The lowest BCUT2D eigenvalue weighted by atomic mass is 10.1. The third-order valence-corrected chi connectivity index (χ3v) is 5.02. The number of nitrogens with zero attached hydrogens (tertiary/aromatic N) is 2. The number of carbonyl (C=O) groups is 1. The number of carbonyl (C=O) groups excluding carboxylic acids is 1. The van der Waals surface area contributed by atoms with E-state index in [1.165, 1.54) is 11.3 Å². The molecule has 0 radical (unpaired) electrons. The fourth-order valence-electron chi connectivity index (χ4n) is 2.76. The van der Waals surface area contributed by atoms with Gasteiger partial charge >= 0.3 is 0 Å². The molecule has 0 saturated heterocycles. The van der Waals surface area contributed by atoms with E-state index in [1.54, 1.807) is 12.5 Å². The second kappa shape index (κ2) is 8.79. The van der Waals surface area contributed by atoms with E-state index < -0.39 is 0 Å². The van der Waals surface area contributed by atoms with Crippen LogP contribution in [-0.2, 0) is 0 Å². The Morgan fingerprint density at radius 2 is 1.85 bits per heavy atom. The van der Waals surface area contributed by atoms with Gasteiger partial charge in [-0.1, -0.05) is 30.3 Å². The highest BCUT2D eigenvalue weighted by atomic mass is 32.1. The molecule has 1 heterocycles. The number of methoxy groups -OCH3 is 1. The van der Waals surface area contributed by atoms with Gasteiger partial charge in [-0.3, -0.25) is 4.79 Å². The van der Waals surface area contributed by atoms with Crippen LogP contribution >= 0.6 is 11.3 Å². The second-order valence-electron chi connectivity index (χ2n) is 6.47. The van der Waals surface area contributed by atoms with Gasteiger partial charge in [0.2, 0.25) is 0 Å². The molecular weight excluding hydrogens is 358 g/mol. The predicted octanol–water partition coefficient (Wildman–Crippen LogP) is 3.85. The molecule has 0 spiro atoms. The number of hydrogen-bond donors (Lipinski definition) is 1. The van der Waals surface area contributed by atoms with E-state index in [0.29, 0.717) is 12.2 Å². The van der Waals surface area contributed by atoms with Crippen LogP contribution in [0.3, 0.4) is 0 Å². The maximum atomic E-state index is 12.7. The topological polar surface area (TPSA) is 54.5 Å². The smallest absolute Gasteiger partial charge is 0.271 e. The van der Waals surface area contributed by atoms with Crippen molar-refractivity contribution in [2.24, 2.45) is 0 Å². The van der Waals surface area contributed by atoms with Gasteiger partial charge in [0.25, 0.3) is 5.91 Å². The minimum Gasteiger partial charge on any atom is -0.497 e. The monoisotopic (exact) mass is 381 g/mol. The fourth-order valence-corrected chi connectivity index (χ4v) is 3.57. The van der Waals surface area contributed by atoms with Gasteiger partial charge in [0.1, 0.15) is 16.5 Å². The largest absolute Gasteiger partial charge is 0.497 e. The lowest BCUT2D eigenvalue weighted by molar-refractivity contribution is 0.0925. The van der Waals surface area contributed by atoms with E-state index in [9.17, 15) is 4.79 Å². The molecule has 3 aromatic rings. The van der Waals surface area contributed by atoms with Crippen molar-refractivity contribution >= 4 is 17.2 Å². The van der Waals surface area contributed by atoms with E-state index in [0.717, 1.165) is 21.9 Å². The molecule has 6 heteroatoms. The molecule has 5 nitrogen and oxygen atoms in total. The van der Waals surface area contributed by atoms with Crippen LogP contribution < -0.4 is 10.1 Å². The Labute approximate surface area is 163 Å². The first kappa shape index (κ1) is 19.1. The number of amides is 1. The van der Waals surface area contributed by atoms with Gasteiger partial charge in [0.05, 0.1) is 13.2 Å². The molecule has 2 aromatic carbocycles. The molecule has 0 saturated carbocycles. The van der Waals surface area contributed by atoms with Crippen LogP contribution in [0.4, 0.5) is 0 Å². The number of thiazole rings is 1. The highest BCUT2D eigenvalue weighted by molar-refractivity contribution is 7.13. The predicted molar refractivity (Wildman–Crippen MR) is 109 cm³/mol. The summed E-state index contributed by atoms with van der Waals surface area (Å²) in [6.45, 7) is 0.714. The molecule has 0 aliphatic heterocycles. The summed E-state index contributed by atoms with van der Waals surface area (Å²) >= 11 is 1.46. The van der Waals surface area contributed by atoms with Crippen molar-refractivity contribution in [3.05, 3.63) is 71.2 Å². The maximum absolute atomic E-state index is 12.7. The highest BCUT2D eigenvalue weighted by Crippen LogP contribution is 2.26. The summed E-state index contributed by atoms with van der Waals surface area (Å²) in [5, 5.41) is 5.72. The van der Waals surface area contributed by atoms with Crippen molar-refractivity contribution in [2.45, 2.75) is 6.04 Å². The standard InChI is InChI=1S/C21H23N3O2S/c1-24(2)13-18(15-7-5-4-6-8-15)22-20(25)19-14-27-21(23-19)16-9-11-17(26-3)12-10-16/h4-12,14,18H,13H2,1-3H3,(H,22,25)/t18-/m0/s1. The van der Waals surface area contributed by atoms with E-state index in [-0.39, 0.29) is 11.9 Å². The minimum absolute atomic E-state index is 0.0974. The normalized spacial score (nSPS) is 12.0. The van der Waals surface area contributed by atoms with Gasteiger partial charge < -0.3 is 15.0 Å². The molecule has 27 heavy (non-hydrogen) atoms. The summed E-state index contributed by atoms with van der Waals surface area (Å²) in [4.78, 5) is 19.3. The average Bonchev–Trinajstić information content (AvgIpc) is 3.18. The molecule has 1 aromatic heterocycles. The maximum Gasteiger partial charge on any atom is 0.271 e. The Balaban J connectivity index is 1.75. The van der Waals surface area contributed by atoms with Crippen molar-refractivity contribution in [1.29, 1.82) is 0 Å². The van der Waals surface area contributed by atoms with E-state index in [2.05, 4.69) is 15.2 Å². The number of nitrogens with one attached hydrogen (secondary N) is 1. The molecule has 1 N–H and O–H groups in total. The van der Waals surface area contributed by atoms with Crippen LogP contribution in [0, 0.1) is 0 Å². The Bertz CT molecular complexity index is 876. The third-order valence-electron chi connectivity index (χ3n) is 4.13. The first-order valence-electron chi connectivity index (χ1n) is 8.67. The summed E-state index contributed by atoms with van der Waals surface area (Å²) in [5.41, 5.74) is 2.48. The van der Waals surface area contributed by atoms with Gasteiger partial charge in [0.15, 0.2) is 0 Å². The summed E-state index contributed by atoms with van der Waals surface area (Å²) in [6, 6.07) is 17.5. The lowest BCUT2D eigenvalue weighted by Gasteiger charge is -2.22. The van der Waals surface area contributed by atoms with Crippen LogP contribution in [0.25, 0.3) is 10.6 Å². The first-order chi connectivity index (χ1) is 13.1. The lowest BCUT2D eigenvalue weighted by Crippen LogP contribution is -2.35. The number of benzene rings is 2. The van der Waals surface area contributed by atoms with Crippen molar-refractivity contribution in [1.82, 2.24) is 15.2 Å². The van der Waals surface area contributed by atoms with E-state index >= 15 is 0 Å². The molecule has 140 valence electrons. The van der Waals surface area contributed by atoms with Crippen LogP contribution in [0.15, 0.2) is 60.0 Å². The Kier molecular flexibility index (Phi) is 6.21. The third kappa shape index (κ3) is 4.93. The van der Waals surface area contributed by atoms with Gasteiger partial charge in [-0.15, -0.1) is 11.3 Å². The summed E-state index contributed by atoms with van der Waals surface area (Å²) in [6.07, 6.45) is 0. The van der Waals surface area contributed by atoms with Gasteiger partial charge in [-0.05, 0) is 43.9 Å². The van der Waals surface area contributed by atoms with Crippen molar-refractivity contribution in [3.8, 4) is 16.3 Å².